The number of aromatic nitrogens is 3. The summed E-state index contributed by atoms with van der Waals surface area (Å²) in [5.74, 6) is 1.64. The molecular weight excluding hydrogens is 272 g/mol. The predicted octanol–water partition coefficient (Wildman–Crippen LogP) is 3.83. The number of nitrogens with two attached hydrogens (primary N) is 1. The Bertz CT molecular complexity index is 784. The Morgan fingerprint density at radius 3 is 2.23 bits per heavy atom. The highest BCUT2D eigenvalue weighted by Gasteiger charge is 2.23. The van der Waals surface area contributed by atoms with Gasteiger partial charge in [0.25, 0.3) is 0 Å². The average Bonchev–Trinajstić information content (AvgIpc) is 2.87. The van der Waals surface area contributed by atoms with Crippen molar-refractivity contribution in [1.29, 1.82) is 0 Å². The third-order valence-corrected chi connectivity index (χ3v) is 4.21. The van der Waals surface area contributed by atoms with Crippen LogP contribution in [0.4, 0.5) is 5.82 Å². The van der Waals surface area contributed by atoms with Crippen LogP contribution in [-0.2, 0) is 13.0 Å². The number of benzene rings is 1. The summed E-state index contributed by atoms with van der Waals surface area (Å²) in [4.78, 5) is 9.59. The maximum atomic E-state index is 6.33. The van der Waals surface area contributed by atoms with Gasteiger partial charge in [-0.3, -0.25) is 0 Å². The number of aryl methyl sites for hydroxylation is 2. The first-order valence-corrected chi connectivity index (χ1v) is 7.79. The SMILES string of the molecule is CCc1c(-c2ccc(C)cc2)nc2c(N)n(CC)c(C)nc1-2. The Labute approximate surface area is 131 Å². The predicted molar refractivity (Wildman–Crippen MR) is 91.0 cm³/mol. The van der Waals surface area contributed by atoms with Gasteiger partial charge in [-0.15, -0.1) is 0 Å². The molecule has 0 amide bonds. The van der Waals surface area contributed by atoms with Crippen LogP contribution in [0.2, 0.25) is 0 Å². The maximum Gasteiger partial charge on any atom is 0.133 e. The van der Waals surface area contributed by atoms with Crippen molar-refractivity contribution < 1.29 is 0 Å². The molecule has 4 nitrogen and oxygen atoms in total. The zero-order valence-electron chi connectivity index (χ0n) is 13.6. The molecule has 2 heterocycles. The van der Waals surface area contributed by atoms with Crippen LogP contribution in [0.25, 0.3) is 22.6 Å². The lowest BCUT2D eigenvalue weighted by Gasteiger charge is -2.14. The van der Waals surface area contributed by atoms with Gasteiger partial charge in [-0.05, 0) is 27.2 Å². The second kappa shape index (κ2) is 5.44. The molecule has 2 aliphatic rings. The summed E-state index contributed by atoms with van der Waals surface area (Å²) < 4.78 is 2.01. The van der Waals surface area contributed by atoms with Crippen molar-refractivity contribution in [3.05, 3.63) is 41.2 Å². The first-order chi connectivity index (χ1) is 10.6. The first-order valence-electron chi connectivity index (χ1n) is 7.79. The zero-order valence-corrected chi connectivity index (χ0v) is 13.6. The van der Waals surface area contributed by atoms with E-state index in [9.17, 15) is 0 Å². The zero-order chi connectivity index (χ0) is 15.9. The van der Waals surface area contributed by atoms with Gasteiger partial charge in [0.05, 0.1) is 11.4 Å². The van der Waals surface area contributed by atoms with Crippen molar-refractivity contribution in [2.24, 2.45) is 0 Å². The van der Waals surface area contributed by atoms with Crippen LogP contribution < -0.4 is 5.73 Å². The smallest absolute Gasteiger partial charge is 0.133 e. The highest BCUT2D eigenvalue weighted by molar-refractivity contribution is 5.81. The molecule has 0 unspecified atom stereocenters. The number of nitrogens with zero attached hydrogens (tertiary/aromatic N) is 3. The summed E-state index contributed by atoms with van der Waals surface area (Å²) in [7, 11) is 0. The molecule has 2 aliphatic heterocycles. The normalized spacial score (nSPS) is 11.3. The van der Waals surface area contributed by atoms with Gasteiger partial charge in [-0.1, -0.05) is 36.8 Å². The number of anilines is 1. The number of hydrogen-bond acceptors (Lipinski definition) is 3. The maximum absolute atomic E-state index is 6.33. The van der Waals surface area contributed by atoms with E-state index in [1.165, 1.54) is 11.1 Å². The number of rotatable bonds is 3. The van der Waals surface area contributed by atoms with E-state index in [1.54, 1.807) is 0 Å². The van der Waals surface area contributed by atoms with Gasteiger partial charge in [-0.25, -0.2) is 9.97 Å². The van der Waals surface area contributed by atoms with E-state index in [0.717, 1.165) is 41.4 Å². The van der Waals surface area contributed by atoms with E-state index in [-0.39, 0.29) is 0 Å². The third-order valence-electron chi connectivity index (χ3n) is 4.21. The molecule has 0 bridgehead atoms. The molecule has 0 spiro atoms. The summed E-state index contributed by atoms with van der Waals surface area (Å²) in [6, 6.07) is 8.46. The molecule has 4 heteroatoms. The topological polar surface area (TPSA) is 56.7 Å². The molecule has 0 fully saturated rings. The Balaban J connectivity index is 2.30. The van der Waals surface area contributed by atoms with Crippen LogP contribution in [0.15, 0.2) is 24.3 Å². The fourth-order valence-corrected chi connectivity index (χ4v) is 2.99. The van der Waals surface area contributed by atoms with E-state index >= 15 is 0 Å². The monoisotopic (exact) mass is 294 g/mol. The molecule has 2 N–H and O–H groups in total. The third kappa shape index (κ3) is 2.15. The number of fused-ring (bicyclic) bond motifs is 1. The van der Waals surface area contributed by atoms with E-state index in [2.05, 4.69) is 45.0 Å². The Kier molecular flexibility index (Phi) is 3.61. The van der Waals surface area contributed by atoms with E-state index in [0.29, 0.717) is 5.82 Å². The summed E-state index contributed by atoms with van der Waals surface area (Å²) >= 11 is 0. The van der Waals surface area contributed by atoms with Crippen LogP contribution in [0.5, 0.6) is 0 Å². The fourth-order valence-electron chi connectivity index (χ4n) is 2.99. The molecule has 22 heavy (non-hydrogen) atoms. The van der Waals surface area contributed by atoms with Gasteiger partial charge in [-0.2, -0.15) is 0 Å². The average molecular weight is 294 g/mol. The van der Waals surface area contributed by atoms with Crippen LogP contribution >= 0.6 is 0 Å². The van der Waals surface area contributed by atoms with Crippen molar-refractivity contribution >= 4 is 5.82 Å². The minimum Gasteiger partial charge on any atom is -0.383 e. The van der Waals surface area contributed by atoms with Crippen molar-refractivity contribution in [1.82, 2.24) is 14.5 Å². The molecule has 1 aromatic carbocycles. The number of nitrogen functional groups attached to an aromatic ring is 1. The molecule has 0 radical (unpaired) electrons. The molecule has 3 rings (SSSR count). The Hall–Kier alpha value is -2.36. The largest absolute Gasteiger partial charge is 0.383 e. The van der Waals surface area contributed by atoms with Gasteiger partial charge in [0.15, 0.2) is 0 Å². The van der Waals surface area contributed by atoms with E-state index in [4.69, 9.17) is 15.7 Å². The van der Waals surface area contributed by atoms with Crippen molar-refractivity contribution in [3.8, 4) is 22.6 Å². The Morgan fingerprint density at radius 2 is 1.64 bits per heavy atom. The molecule has 0 saturated carbocycles. The lowest BCUT2D eigenvalue weighted by molar-refractivity contribution is 0.711. The van der Waals surface area contributed by atoms with Crippen molar-refractivity contribution in [2.45, 2.75) is 40.7 Å². The molecule has 0 saturated heterocycles. The molecule has 0 aromatic heterocycles. The summed E-state index contributed by atoms with van der Waals surface area (Å²) in [6.07, 6.45) is 0.891. The van der Waals surface area contributed by atoms with Gasteiger partial charge in [0, 0.05) is 17.7 Å². The summed E-state index contributed by atoms with van der Waals surface area (Å²) in [5.41, 5.74) is 12.6. The Morgan fingerprint density at radius 1 is 0.955 bits per heavy atom. The van der Waals surface area contributed by atoms with Crippen LogP contribution in [0.3, 0.4) is 0 Å². The van der Waals surface area contributed by atoms with Crippen LogP contribution in [0, 0.1) is 13.8 Å². The summed E-state index contributed by atoms with van der Waals surface area (Å²) in [6.45, 7) is 9.10. The highest BCUT2D eigenvalue weighted by atomic mass is 15.1. The molecular formula is C18H22N4. The minimum absolute atomic E-state index is 0.707. The van der Waals surface area contributed by atoms with Crippen molar-refractivity contribution in [3.63, 3.8) is 0 Å². The lowest BCUT2D eigenvalue weighted by Crippen LogP contribution is -2.12. The summed E-state index contributed by atoms with van der Waals surface area (Å²) in [5, 5.41) is 0. The second-order valence-electron chi connectivity index (χ2n) is 5.64. The quantitative estimate of drug-likeness (QED) is 0.798. The number of hydrogen-bond donors (Lipinski definition) is 1. The second-order valence-corrected chi connectivity index (χ2v) is 5.64. The van der Waals surface area contributed by atoms with Gasteiger partial charge in [0.1, 0.15) is 17.3 Å². The van der Waals surface area contributed by atoms with E-state index < -0.39 is 0 Å². The van der Waals surface area contributed by atoms with Crippen molar-refractivity contribution in [2.75, 3.05) is 5.73 Å². The highest BCUT2D eigenvalue weighted by Crippen LogP contribution is 2.37. The van der Waals surface area contributed by atoms with Crippen LogP contribution in [-0.4, -0.2) is 14.5 Å². The lowest BCUT2D eigenvalue weighted by atomic mass is 10.0. The van der Waals surface area contributed by atoms with Crippen LogP contribution in [0.1, 0.15) is 30.8 Å². The molecule has 0 atom stereocenters. The molecule has 1 aromatic rings. The first kappa shape index (κ1) is 14.6. The standard InChI is InChI=1S/C18H22N4/c1-5-14-15(13-9-7-11(3)8-10-13)21-17-16(14)20-12(4)22(6-2)18(17)19/h7-10H,5-6,19H2,1-4H3. The van der Waals surface area contributed by atoms with Gasteiger partial charge < -0.3 is 10.3 Å². The van der Waals surface area contributed by atoms with Gasteiger partial charge >= 0.3 is 0 Å². The van der Waals surface area contributed by atoms with Gasteiger partial charge in [0.2, 0.25) is 0 Å². The minimum atomic E-state index is 0.707. The van der Waals surface area contributed by atoms with E-state index in [1.807, 2.05) is 11.5 Å². The molecule has 114 valence electrons. The fraction of sp³-hybridized carbons (Fsp3) is 0.333. The molecule has 0 aliphatic carbocycles.